The number of likely N-dealkylation sites (N-methyl/N-ethyl adjacent to an activating group) is 1. The van der Waals surface area contributed by atoms with E-state index < -0.39 is 9.84 Å². The molecule has 0 aromatic heterocycles. The third-order valence-electron chi connectivity index (χ3n) is 3.48. The Labute approximate surface area is 131 Å². The van der Waals surface area contributed by atoms with E-state index in [1.54, 1.807) is 11.8 Å². The summed E-state index contributed by atoms with van der Waals surface area (Å²) in [6.07, 6.45) is 2.86. The van der Waals surface area contributed by atoms with Gasteiger partial charge in [-0.05, 0) is 31.5 Å². The second-order valence-electron chi connectivity index (χ2n) is 5.35. The lowest BCUT2D eigenvalue weighted by atomic mass is 10.1. The molecule has 6 heteroatoms. The van der Waals surface area contributed by atoms with Crippen LogP contribution in [0.3, 0.4) is 0 Å². The van der Waals surface area contributed by atoms with Crippen molar-refractivity contribution in [3.05, 3.63) is 24.3 Å². The van der Waals surface area contributed by atoms with Gasteiger partial charge in [-0.25, -0.2) is 8.42 Å². The normalized spacial score (nSPS) is 19.6. The highest BCUT2D eigenvalue weighted by atomic mass is 32.2. The van der Waals surface area contributed by atoms with Crippen LogP contribution in [0.2, 0.25) is 0 Å². The summed E-state index contributed by atoms with van der Waals surface area (Å²) in [5.41, 5.74) is 0. The van der Waals surface area contributed by atoms with E-state index in [0.29, 0.717) is 6.42 Å². The van der Waals surface area contributed by atoms with E-state index in [9.17, 15) is 8.42 Å². The fraction of sp³-hybridized carbons (Fsp3) is 0.600. The number of ether oxygens (including phenoxy) is 1. The molecule has 0 bridgehead atoms. The number of rotatable bonds is 7. The quantitative estimate of drug-likeness (QED) is 0.832. The molecule has 2 unspecified atom stereocenters. The minimum absolute atomic E-state index is 0.0874. The monoisotopic (exact) mass is 329 g/mol. The largest absolute Gasteiger partial charge is 0.487 e. The van der Waals surface area contributed by atoms with Crippen molar-refractivity contribution in [1.29, 1.82) is 0 Å². The molecule has 0 aliphatic carbocycles. The van der Waals surface area contributed by atoms with Crippen LogP contribution in [-0.4, -0.2) is 44.9 Å². The van der Waals surface area contributed by atoms with Gasteiger partial charge >= 0.3 is 0 Å². The molecule has 1 N–H and O–H groups in total. The van der Waals surface area contributed by atoms with Crippen LogP contribution in [0.4, 0.5) is 0 Å². The summed E-state index contributed by atoms with van der Waals surface area (Å²) in [6, 6.07) is 8.25. The Balaban J connectivity index is 1.96. The molecular formula is C15H23NO3S2. The van der Waals surface area contributed by atoms with Crippen molar-refractivity contribution in [3.8, 4) is 5.75 Å². The van der Waals surface area contributed by atoms with Crippen molar-refractivity contribution in [2.75, 3.05) is 24.3 Å². The first-order valence-electron chi connectivity index (χ1n) is 7.29. The summed E-state index contributed by atoms with van der Waals surface area (Å²) < 4.78 is 28.6. The SMILES string of the molecule is CCNC(CCCS(C)(=O)=O)C1CSc2ccccc2O1. The molecule has 1 aliphatic rings. The minimum Gasteiger partial charge on any atom is -0.487 e. The first kappa shape index (κ1) is 16.6. The Kier molecular flexibility index (Phi) is 5.96. The highest BCUT2D eigenvalue weighted by Crippen LogP contribution is 2.36. The molecule has 2 atom stereocenters. The number of thioether (sulfide) groups is 1. The Morgan fingerprint density at radius 3 is 2.90 bits per heavy atom. The molecule has 0 saturated heterocycles. The predicted octanol–water partition coefficient (Wildman–Crippen LogP) is 2.34. The van der Waals surface area contributed by atoms with Gasteiger partial charge in [-0.1, -0.05) is 19.1 Å². The standard InChI is InChI=1S/C15H23NO3S2/c1-3-16-12(7-6-10-21(2,17)18)14-11-20-15-9-5-4-8-13(15)19-14/h4-5,8-9,12,14,16H,3,6-7,10-11H2,1-2H3. The van der Waals surface area contributed by atoms with Gasteiger partial charge in [0.05, 0.1) is 0 Å². The Morgan fingerprint density at radius 1 is 1.43 bits per heavy atom. The Morgan fingerprint density at radius 2 is 2.19 bits per heavy atom. The molecule has 21 heavy (non-hydrogen) atoms. The second kappa shape index (κ2) is 7.51. The summed E-state index contributed by atoms with van der Waals surface area (Å²) in [7, 11) is -2.89. The molecule has 0 amide bonds. The van der Waals surface area contributed by atoms with Gasteiger partial charge in [0.25, 0.3) is 0 Å². The van der Waals surface area contributed by atoms with Crippen molar-refractivity contribution in [2.45, 2.75) is 36.8 Å². The van der Waals surface area contributed by atoms with E-state index in [0.717, 1.165) is 24.5 Å². The van der Waals surface area contributed by atoms with Gasteiger partial charge in [0, 0.05) is 28.7 Å². The average Bonchev–Trinajstić information content (AvgIpc) is 2.44. The maximum Gasteiger partial charge on any atom is 0.147 e. The van der Waals surface area contributed by atoms with Crippen LogP contribution >= 0.6 is 11.8 Å². The van der Waals surface area contributed by atoms with Crippen molar-refractivity contribution < 1.29 is 13.2 Å². The van der Waals surface area contributed by atoms with Crippen LogP contribution < -0.4 is 10.1 Å². The average molecular weight is 329 g/mol. The van der Waals surface area contributed by atoms with Crippen LogP contribution in [-0.2, 0) is 9.84 Å². The molecule has 0 radical (unpaired) electrons. The number of hydrogen-bond donors (Lipinski definition) is 1. The number of nitrogens with one attached hydrogen (secondary N) is 1. The molecule has 1 aromatic carbocycles. The molecule has 1 aromatic rings. The molecular weight excluding hydrogens is 306 g/mol. The summed E-state index contributed by atoms with van der Waals surface area (Å²) in [5, 5.41) is 3.44. The van der Waals surface area contributed by atoms with Gasteiger partial charge in [-0.15, -0.1) is 11.8 Å². The lowest BCUT2D eigenvalue weighted by molar-refractivity contribution is 0.161. The van der Waals surface area contributed by atoms with Crippen LogP contribution in [0.25, 0.3) is 0 Å². The number of sulfone groups is 1. The molecule has 4 nitrogen and oxygen atoms in total. The zero-order valence-electron chi connectivity index (χ0n) is 12.5. The topological polar surface area (TPSA) is 55.4 Å². The van der Waals surface area contributed by atoms with Crippen LogP contribution in [0, 0.1) is 0 Å². The van der Waals surface area contributed by atoms with Gasteiger partial charge in [0.2, 0.25) is 0 Å². The van der Waals surface area contributed by atoms with Crippen molar-refractivity contribution >= 4 is 21.6 Å². The Hall–Kier alpha value is -0.720. The highest BCUT2D eigenvalue weighted by molar-refractivity contribution is 7.99. The molecule has 0 saturated carbocycles. The predicted molar refractivity (Wildman–Crippen MR) is 88.0 cm³/mol. The van der Waals surface area contributed by atoms with Crippen LogP contribution in [0.1, 0.15) is 19.8 Å². The van der Waals surface area contributed by atoms with E-state index in [1.807, 2.05) is 18.2 Å². The summed E-state index contributed by atoms with van der Waals surface area (Å²) in [5.74, 6) is 2.07. The van der Waals surface area contributed by atoms with Crippen molar-refractivity contribution in [3.63, 3.8) is 0 Å². The molecule has 0 fully saturated rings. The summed E-state index contributed by atoms with van der Waals surface area (Å²) in [4.78, 5) is 1.18. The van der Waals surface area contributed by atoms with Gasteiger partial charge in [0.15, 0.2) is 0 Å². The maximum absolute atomic E-state index is 11.3. The van der Waals surface area contributed by atoms with E-state index in [2.05, 4.69) is 18.3 Å². The first-order chi connectivity index (χ1) is 9.99. The van der Waals surface area contributed by atoms with E-state index >= 15 is 0 Å². The minimum atomic E-state index is -2.89. The smallest absolute Gasteiger partial charge is 0.147 e. The maximum atomic E-state index is 11.3. The molecule has 1 heterocycles. The molecule has 0 spiro atoms. The third-order valence-corrected chi connectivity index (χ3v) is 5.65. The van der Waals surface area contributed by atoms with Gasteiger partial charge in [0.1, 0.15) is 21.7 Å². The highest BCUT2D eigenvalue weighted by Gasteiger charge is 2.27. The fourth-order valence-corrected chi connectivity index (χ4v) is 4.25. The summed E-state index contributed by atoms with van der Waals surface area (Å²) >= 11 is 1.81. The van der Waals surface area contributed by atoms with Crippen molar-refractivity contribution in [2.24, 2.45) is 0 Å². The molecule has 1 aliphatic heterocycles. The number of benzene rings is 1. The van der Waals surface area contributed by atoms with Crippen molar-refractivity contribution in [1.82, 2.24) is 5.32 Å². The van der Waals surface area contributed by atoms with Gasteiger partial charge in [-0.2, -0.15) is 0 Å². The second-order valence-corrected chi connectivity index (χ2v) is 8.67. The molecule has 118 valence electrons. The van der Waals surface area contributed by atoms with E-state index in [-0.39, 0.29) is 17.9 Å². The lowest BCUT2D eigenvalue weighted by Crippen LogP contribution is -2.45. The third kappa shape index (κ3) is 5.20. The first-order valence-corrected chi connectivity index (χ1v) is 10.3. The van der Waals surface area contributed by atoms with E-state index in [1.165, 1.54) is 11.2 Å². The number of fused-ring (bicyclic) bond motifs is 1. The summed E-state index contributed by atoms with van der Waals surface area (Å²) in [6.45, 7) is 2.92. The molecule has 2 rings (SSSR count). The number of para-hydroxylation sites is 1. The zero-order chi connectivity index (χ0) is 15.3. The Bertz CT molecular complexity index is 560. The zero-order valence-corrected chi connectivity index (χ0v) is 14.2. The van der Waals surface area contributed by atoms with Crippen LogP contribution in [0.5, 0.6) is 5.75 Å². The fourth-order valence-electron chi connectivity index (χ4n) is 2.48. The number of hydrogen-bond acceptors (Lipinski definition) is 5. The van der Waals surface area contributed by atoms with Crippen LogP contribution in [0.15, 0.2) is 29.2 Å². The van der Waals surface area contributed by atoms with Gasteiger partial charge < -0.3 is 10.1 Å². The van der Waals surface area contributed by atoms with Gasteiger partial charge in [-0.3, -0.25) is 0 Å². The lowest BCUT2D eigenvalue weighted by Gasteiger charge is -2.32. The van der Waals surface area contributed by atoms with E-state index in [4.69, 9.17) is 4.74 Å².